The standard InChI is InChI=1S/C14H19NOS/c1-14(2,3)13-15(12(16)10-17-13)9-11-7-5-4-6-8-11/h4-8,13H,9-10H2,1-3H3. The summed E-state index contributed by atoms with van der Waals surface area (Å²) in [6.45, 7) is 7.32. The molecule has 2 nitrogen and oxygen atoms in total. The number of thioether (sulfide) groups is 1. The summed E-state index contributed by atoms with van der Waals surface area (Å²) in [7, 11) is 0. The van der Waals surface area contributed by atoms with Crippen molar-refractivity contribution in [3.05, 3.63) is 35.9 Å². The predicted octanol–water partition coefficient (Wildman–Crippen LogP) is 3.13. The minimum absolute atomic E-state index is 0.131. The Kier molecular flexibility index (Phi) is 3.48. The van der Waals surface area contributed by atoms with Gasteiger partial charge in [-0.15, -0.1) is 11.8 Å². The zero-order valence-electron chi connectivity index (χ0n) is 10.6. The molecule has 0 aliphatic carbocycles. The molecule has 1 aliphatic heterocycles. The highest BCUT2D eigenvalue weighted by Crippen LogP contribution is 2.38. The number of benzene rings is 1. The van der Waals surface area contributed by atoms with Crippen molar-refractivity contribution < 1.29 is 4.79 Å². The number of hydrogen-bond acceptors (Lipinski definition) is 2. The van der Waals surface area contributed by atoms with E-state index in [4.69, 9.17) is 0 Å². The Hall–Kier alpha value is -0.960. The highest BCUT2D eigenvalue weighted by molar-refractivity contribution is 8.01. The fourth-order valence-electron chi connectivity index (χ4n) is 2.12. The van der Waals surface area contributed by atoms with Gasteiger partial charge in [0.1, 0.15) is 0 Å². The van der Waals surface area contributed by atoms with Gasteiger partial charge in [0.2, 0.25) is 5.91 Å². The Morgan fingerprint density at radius 1 is 1.29 bits per heavy atom. The molecule has 92 valence electrons. The molecule has 17 heavy (non-hydrogen) atoms. The first kappa shape index (κ1) is 12.5. The van der Waals surface area contributed by atoms with Crippen LogP contribution in [0.25, 0.3) is 0 Å². The minimum atomic E-state index is 0.131. The van der Waals surface area contributed by atoms with Crippen LogP contribution in [0, 0.1) is 5.41 Å². The molecular formula is C14H19NOS. The van der Waals surface area contributed by atoms with Crippen molar-refractivity contribution in [1.29, 1.82) is 0 Å². The maximum absolute atomic E-state index is 11.9. The van der Waals surface area contributed by atoms with E-state index in [9.17, 15) is 4.79 Å². The minimum Gasteiger partial charge on any atom is -0.325 e. The van der Waals surface area contributed by atoms with Crippen LogP contribution < -0.4 is 0 Å². The summed E-state index contributed by atoms with van der Waals surface area (Å²) in [4.78, 5) is 14.0. The third kappa shape index (κ3) is 2.83. The van der Waals surface area contributed by atoms with E-state index in [1.165, 1.54) is 5.56 Å². The van der Waals surface area contributed by atoms with Crippen LogP contribution in [-0.2, 0) is 11.3 Å². The van der Waals surface area contributed by atoms with Crippen molar-refractivity contribution in [1.82, 2.24) is 4.90 Å². The maximum Gasteiger partial charge on any atom is 0.233 e. The molecule has 3 heteroatoms. The summed E-state index contributed by atoms with van der Waals surface area (Å²) in [5, 5.41) is 0.287. The van der Waals surface area contributed by atoms with Crippen molar-refractivity contribution in [2.24, 2.45) is 5.41 Å². The van der Waals surface area contributed by atoms with Gasteiger partial charge in [-0.25, -0.2) is 0 Å². The van der Waals surface area contributed by atoms with Crippen LogP contribution in [0.5, 0.6) is 0 Å². The quantitative estimate of drug-likeness (QED) is 0.802. The molecule has 1 aliphatic rings. The van der Waals surface area contributed by atoms with Crippen LogP contribution in [0.15, 0.2) is 30.3 Å². The fourth-order valence-corrected chi connectivity index (χ4v) is 3.46. The first-order valence-corrected chi connectivity index (χ1v) is 6.98. The molecule has 1 aromatic carbocycles. The molecule has 0 bridgehead atoms. The zero-order valence-corrected chi connectivity index (χ0v) is 11.5. The number of carbonyl (C=O) groups is 1. The Balaban J connectivity index is 2.15. The lowest BCUT2D eigenvalue weighted by Gasteiger charge is -2.34. The molecule has 0 spiro atoms. The topological polar surface area (TPSA) is 20.3 Å². The summed E-state index contributed by atoms with van der Waals surface area (Å²) < 4.78 is 0. The lowest BCUT2D eigenvalue weighted by atomic mass is 9.95. The number of nitrogens with zero attached hydrogens (tertiary/aromatic N) is 1. The molecule has 0 saturated carbocycles. The predicted molar refractivity (Wildman–Crippen MR) is 72.7 cm³/mol. The molecule has 1 fully saturated rings. The lowest BCUT2D eigenvalue weighted by molar-refractivity contribution is -0.129. The first-order chi connectivity index (χ1) is 7.98. The Morgan fingerprint density at radius 2 is 1.94 bits per heavy atom. The van der Waals surface area contributed by atoms with E-state index in [2.05, 4.69) is 32.9 Å². The summed E-state index contributed by atoms with van der Waals surface area (Å²) in [5.41, 5.74) is 1.34. The van der Waals surface area contributed by atoms with Crippen molar-refractivity contribution in [2.75, 3.05) is 5.75 Å². The third-order valence-corrected chi connectivity index (χ3v) is 4.60. The molecule has 1 atom stereocenters. The average molecular weight is 249 g/mol. The van der Waals surface area contributed by atoms with E-state index in [0.29, 0.717) is 5.75 Å². The third-order valence-electron chi connectivity index (χ3n) is 2.90. The van der Waals surface area contributed by atoms with Gasteiger partial charge in [0.15, 0.2) is 0 Å². The monoisotopic (exact) mass is 249 g/mol. The van der Waals surface area contributed by atoms with Gasteiger partial charge in [0.25, 0.3) is 0 Å². The van der Waals surface area contributed by atoms with Crippen LogP contribution in [0.2, 0.25) is 0 Å². The van der Waals surface area contributed by atoms with Crippen LogP contribution in [0.1, 0.15) is 26.3 Å². The van der Waals surface area contributed by atoms with Crippen molar-refractivity contribution in [2.45, 2.75) is 32.7 Å². The van der Waals surface area contributed by atoms with Crippen molar-refractivity contribution in [3.63, 3.8) is 0 Å². The van der Waals surface area contributed by atoms with Crippen molar-refractivity contribution in [3.8, 4) is 0 Å². The van der Waals surface area contributed by atoms with Gasteiger partial charge in [-0.05, 0) is 11.0 Å². The molecule has 1 unspecified atom stereocenters. The molecule has 1 aromatic rings. The molecular weight excluding hydrogens is 230 g/mol. The first-order valence-electron chi connectivity index (χ1n) is 5.93. The van der Waals surface area contributed by atoms with Crippen LogP contribution >= 0.6 is 11.8 Å². The van der Waals surface area contributed by atoms with Crippen LogP contribution in [-0.4, -0.2) is 21.9 Å². The van der Waals surface area contributed by atoms with E-state index in [0.717, 1.165) is 6.54 Å². The zero-order chi connectivity index (χ0) is 12.5. The molecule has 1 amide bonds. The van der Waals surface area contributed by atoms with Gasteiger partial charge in [-0.1, -0.05) is 51.1 Å². The summed E-state index contributed by atoms with van der Waals surface area (Å²) in [6, 6.07) is 10.2. The number of rotatable bonds is 2. The number of amides is 1. The van der Waals surface area contributed by atoms with Gasteiger partial charge in [-0.3, -0.25) is 4.79 Å². The van der Waals surface area contributed by atoms with Gasteiger partial charge in [0.05, 0.1) is 11.1 Å². The SMILES string of the molecule is CC(C)(C)C1SCC(=O)N1Cc1ccccc1. The van der Waals surface area contributed by atoms with Crippen LogP contribution in [0.4, 0.5) is 0 Å². The van der Waals surface area contributed by atoms with E-state index < -0.39 is 0 Å². The average Bonchev–Trinajstić information content (AvgIpc) is 2.62. The van der Waals surface area contributed by atoms with E-state index in [-0.39, 0.29) is 16.7 Å². The lowest BCUT2D eigenvalue weighted by Crippen LogP contribution is -2.39. The molecule has 2 rings (SSSR count). The highest BCUT2D eigenvalue weighted by Gasteiger charge is 2.39. The van der Waals surface area contributed by atoms with E-state index in [1.807, 2.05) is 23.1 Å². The second kappa shape index (κ2) is 4.73. The van der Waals surface area contributed by atoms with Crippen LogP contribution in [0.3, 0.4) is 0 Å². The second-order valence-corrected chi connectivity index (χ2v) is 6.61. The second-order valence-electron chi connectivity index (χ2n) is 5.54. The van der Waals surface area contributed by atoms with Gasteiger partial charge < -0.3 is 4.90 Å². The van der Waals surface area contributed by atoms with Gasteiger partial charge >= 0.3 is 0 Å². The molecule has 0 N–H and O–H groups in total. The normalized spacial score (nSPS) is 21.0. The Labute approximate surface area is 107 Å². The number of hydrogen-bond donors (Lipinski definition) is 0. The maximum atomic E-state index is 11.9. The van der Waals surface area contributed by atoms with Gasteiger partial charge in [0, 0.05) is 6.54 Å². The van der Waals surface area contributed by atoms with E-state index in [1.54, 1.807) is 11.8 Å². The van der Waals surface area contributed by atoms with Crippen molar-refractivity contribution >= 4 is 17.7 Å². The van der Waals surface area contributed by atoms with Gasteiger partial charge in [-0.2, -0.15) is 0 Å². The molecule has 1 saturated heterocycles. The smallest absolute Gasteiger partial charge is 0.233 e. The largest absolute Gasteiger partial charge is 0.325 e. The summed E-state index contributed by atoms with van der Waals surface area (Å²) >= 11 is 1.76. The Morgan fingerprint density at radius 3 is 2.53 bits per heavy atom. The Bertz CT molecular complexity index is 396. The highest BCUT2D eigenvalue weighted by atomic mass is 32.2. The summed E-state index contributed by atoms with van der Waals surface area (Å²) in [6.07, 6.45) is 0. The summed E-state index contributed by atoms with van der Waals surface area (Å²) in [5.74, 6) is 0.883. The molecule has 0 radical (unpaired) electrons. The molecule has 0 aromatic heterocycles. The fraction of sp³-hybridized carbons (Fsp3) is 0.500. The number of carbonyl (C=O) groups excluding carboxylic acids is 1. The van der Waals surface area contributed by atoms with E-state index >= 15 is 0 Å². The molecule has 1 heterocycles.